The van der Waals surface area contributed by atoms with Crippen LogP contribution in [0.15, 0.2) is 24.3 Å². The number of carbonyl (C=O) groups excluding carboxylic acids is 2. The van der Waals surface area contributed by atoms with Crippen LogP contribution in [0.2, 0.25) is 0 Å². The molecule has 0 saturated heterocycles. The maximum absolute atomic E-state index is 11.7. The molecule has 20 heavy (non-hydrogen) atoms. The van der Waals surface area contributed by atoms with Crippen molar-refractivity contribution in [3.05, 3.63) is 29.8 Å². The highest BCUT2D eigenvalue weighted by Crippen LogP contribution is 2.18. The van der Waals surface area contributed by atoms with Crippen LogP contribution in [0.5, 0.6) is 0 Å². The van der Waals surface area contributed by atoms with Gasteiger partial charge in [0, 0.05) is 12.6 Å². The molecule has 0 aliphatic carbocycles. The summed E-state index contributed by atoms with van der Waals surface area (Å²) in [5.41, 5.74) is 1.77. The summed E-state index contributed by atoms with van der Waals surface area (Å²) in [6.07, 6.45) is 1.10. The molecule has 0 unspecified atom stereocenters. The summed E-state index contributed by atoms with van der Waals surface area (Å²) in [5, 5.41) is 2.68. The number of anilines is 1. The highest BCUT2D eigenvalue weighted by Gasteiger charge is 2.12. The van der Waals surface area contributed by atoms with Crippen molar-refractivity contribution in [2.24, 2.45) is 5.41 Å². The summed E-state index contributed by atoms with van der Waals surface area (Å²) in [4.78, 5) is 22.6. The number of carbonyl (C=O) groups is 2. The fourth-order valence-corrected chi connectivity index (χ4v) is 1.60. The van der Waals surface area contributed by atoms with Crippen molar-refractivity contribution < 1.29 is 14.3 Å². The largest absolute Gasteiger partial charge is 0.465 e. The van der Waals surface area contributed by atoms with Crippen LogP contribution in [0.3, 0.4) is 0 Å². The van der Waals surface area contributed by atoms with Crippen molar-refractivity contribution in [2.75, 3.05) is 11.9 Å². The van der Waals surface area contributed by atoms with E-state index in [1.54, 1.807) is 12.1 Å². The topological polar surface area (TPSA) is 55.4 Å². The first-order chi connectivity index (χ1) is 9.26. The van der Waals surface area contributed by atoms with Gasteiger partial charge in [0.1, 0.15) is 0 Å². The average Bonchev–Trinajstić information content (AvgIpc) is 2.29. The minimum Gasteiger partial charge on any atom is -0.465 e. The molecule has 0 saturated carbocycles. The quantitative estimate of drug-likeness (QED) is 0.841. The van der Waals surface area contributed by atoms with E-state index in [2.05, 4.69) is 26.1 Å². The molecule has 0 aliphatic rings. The molecule has 1 N–H and O–H groups in total. The second-order valence-corrected chi connectivity index (χ2v) is 6.09. The van der Waals surface area contributed by atoms with E-state index < -0.39 is 0 Å². The van der Waals surface area contributed by atoms with Gasteiger partial charge >= 0.3 is 5.97 Å². The number of amides is 1. The summed E-state index contributed by atoms with van der Waals surface area (Å²) < 4.78 is 5.21. The smallest absolute Gasteiger partial charge is 0.310 e. The van der Waals surface area contributed by atoms with Gasteiger partial charge in [-0.3, -0.25) is 9.59 Å². The zero-order valence-corrected chi connectivity index (χ0v) is 12.7. The van der Waals surface area contributed by atoms with Crippen LogP contribution in [0, 0.1) is 5.41 Å². The van der Waals surface area contributed by atoms with Gasteiger partial charge in [-0.15, -0.1) is 0 Å². The number of rotatable bonds is 5. The molecule has 0 aliphatic heterocycles. The molecular formula is C16H23NO3. The lowest BCUT2D eigenvalue weighted by Crippen LogP contribution is -2.14. The van der Waals surface area contributed by atoms with Crippen LogP contribution in [0.25, 0.3) is 0 Å². The summed E-state index contributed by atoms with van der Waals surface area (Å²) in [5.74, 6) is -0.333. The zero-order valence-electron chi connectivity index (χ0n) is 12.7. The molecule has 0 atom stereocenters. The van der Waals surface area contributed by atoms with E-state index in [9.17, 15) is 9.59 Å². The molecule has 110 valence electrons. The molecule has 4 nitrogen and oxygen atoms in total. The van der Waals surface area contributed by atoms with E-state index in [1.165, 1.54) is 6.92 Å². The van der Waals surface area contributed by atoms with Crippen molar-refractivity contribution in [3.63, 3.8) is 0 Å². The number of nitrogens with one attached hydrogen (secondary N) is 1. The van der Waals surface area contributed by atoms with Crippen molar-refractivity contribution >= 4 is 17.6 Å². The van der Waals surface area contributed by atoms with Gasteiger partial charge < -0.3 is 10.1 Å². The van der Waals surface area contributed by atoms with E-state index in [0.717, 1.165) is 17.7 Å². The van der Waals surface area contributed by atoms with Crippen LogP contribution in [-0.2, 0) is 20.7 Å². The first kappa shape index (κ1) is 16.2. The molecule has 1 rings (SSSR count). The van der Waals surface area contributed by atoms with Gasteiger partial charge in [0.2, 0.25) is 5.91 Å². The van der Waals surface area contributed by atoms with Crippen LogP contribution in [0.1, 0.15) is 39.7 Å². The van der Waals surface area contributed by atoms with Crippen molar-refractivity contribution in [2.45, 2.75) is 40.5 Å². The SMILES string of the molecule is CC(=O)Nc1ccc(CC(=O)OCCC(C)(C)C)cc1. The highest BCUT2D eigenvalue weighted by atomic mass is 16.5. The first-order valence-electron chi connectivity index (χ1n) is 6.78. The first-order valence-corrected chi connectivity index (χ1v) is 6.78. The third-order valence-electron chi connectivity index (χ3n) is 2.74. The third-order valence-corrected chi connectivity index (χ3v) is 2.74. The maximum Gasteiger partial charge on any atom is 0.310 e. The summed E-state index contributed by atoms with van der Waals surface area (Å²) >= 11 is 0. The second-order valence-electron chi connectivity index (χ2n) is 6.09. The number of hydrogen-bond donors (Lipinski definition) is 1. The minimum absolute atomic E-state index is 0.112. The minimum atomic E-state index is -0.221. The van der Waals surface area contributed by atoms with E-state index >= 15 is 0 Å². The highest BCUT2D eigenvalue weighted by molar-refractivity contribution is 5.88. The monoisotopic (exact) mass is 277 g/mol. The van der Waals surface area contributed by atoms with Crippen LogP contribution in [0.4, 0.5) is 5.69 Å². The average molecular weight is 277 g/mol. The number of ether oxygens (including phenoxy) is 1. The van der Waals surface area contributed by atoms with E-state index in [0.29, 0.717) is 6.61 Å². The van der Waals surface area contributed by atoms with Gasteiger partial charge in [-0.2, -0.15) is 0 Å². The molecule has 0 spiro atoms. The van der Waals surface area contributed by atoms with Gasteiger partial charge in [-0.05, 0) is 29.5 Å². The van der Waals surface area contributed by atoms with Crippen LogP contribution < -0.4 is 5.32 Å². The van der Waals surface area contributed by atoms with Crippen LogP contribution >= 0.6 is 0 Å². The van der Waals surface area contributed by atoms with E-state index in [-0.39, 0.29) is 23.7 Å². The lowest BCUT2D eigenvalue weighted by atomic mass is 9.93. The Morgan fingerprint density at radius 3 is 2.25 bits per heavy atom. The van der Waals surface area contributed by atoms with Crippen molar-refractivity contribution in [1.29, 1.82) is 0 Å². The normalized spacial score (nSPS) is 11.0. The lowest BCUT2D eigenvalue weighted by Gasteiger charge is -2.17. The molecule has 0 radical (unpaired) electrons. The molecule has 0 bridgehead atoms. The molecule has 0 fully saturated rings. The van der Waals surface area contributed by atoms with Gasteiger partial charge in [-0.25, -0.2) is 0 Å². The standard InChI is InChI=1S/C16H23NO3/c1-12(18)17-14-7-5-13(6-8-14)11-15(19)20-10-9-16(2,3)4/h5-8H,9-11H2,1-4H3,(H,17,18). The summed E-state index contributed by atoms with van der Waals surface area (Å²) in [6.45, 7) is 8.25. The molecule has 4 heteroatoms. The zero-order chi connectivity index (χ0) is 15.2. The Kier molecular flexibility index (Phi) is 5.74. The molecule has 1 amide bonds. The predicted molar refractivity (Wildman–Crippen MR) is 79.5 cm³/mol. The van der Waals surface area contributed by atoms with Gasteiger partial charge in [0.15, 0.2) is 0 Å². The Labute approximate surface area is 120 Å². The fourth-order valence-electron chi connectivity index (χ4n) is 1.60. The molecule has 0 heterocycles. The summed E-state index contributed by atoms with van der Waals surface area (Å²) in [7, 11) is 0. The summed E-state index contributed by atoms with van der Waals surface area (Å²) in [6, 6.07) is 7.19. The van der Waals surface area contributed by atoms with Gasteiger partial charge in [-0.1, -0.05) is 32.9 Å². The Balaban J connectivity index is 2.40. The van der Waals surface area contributed by atoms with Gasteiger partial charge in [0.25, 0.3) is 0 Å². The van der Waals surface area contributed by atoms with Crippen LogP contribution in [-0.4, -0.2) is 18.5 Å². The lowest BCUT2D eigenvalue weighted by molar-refractivity contribution is -0.143. The Morgan fingerprint density at radius 2 is 1.75 bits per heavy atom. The fraction of sp³-hybridized carbons (Fsp3) is 0.500. The molecule has 1 aromatic carbocycles. The Morgan fingerprint density at radius 1 is 1.15 bits per heavy atom. The predicted octanol–water partition coefficient (Wildman–Crippen LogP) is 3.17. The Bertz CT molecular complexity index is 458. The second kappa shape index (κ2) is 7.08. The van der Waals surface area contributed by atoms with Gasteiger partial charge in [0.05, 0.1) is 13.0 Å². The Hall–Kier alpha value is -1.84. The van der Waals surface area contributed by atoms with E-state index in [1.807, 2.05) is 12.1 Å². The molecular weight excluding hydrogens is 254 g/mol. The number of esters is 1. The van der Waals surface area contributed by atoms with Crippen molar-refractivity contribution in [3.8, 4) is 0 Å². The van der Waals surface area contributed by atoms with E-state index in [4.69, 9.17) is 4.74 Å². The van der Waals surface area contributed by atoms with Crippen molar-refractivity contribution in [1.82, 2.24) is 0 Å². The number of hydrogen-bond acceptors (Lipinski definition) is 3. The maximum atomic E-state index is 11.7. The number of benzene rings is 1. The third kappa shape index (κ3) is 6.92. The molecule has 1 aromatic rings. The molecule has 0 aromatic heterocycles.